The molecule has 12 atom stereocenters. The number of anilines is 4. The minimum atomic E-state index is -3.09. The van der Waals surface area contributed by atoms with E-state index < -0.39 is 175 Å². The molecule has 33 nitrogen and oxygen atoms in total. The van der Waals surface area contributed by atoms with Gasteiger partial charge in [0, 0.05) is 133 Å². The van der Waals surface area contributed by atoms with Gasteiger partial charge in [0.25, 0.3) is 70.9 Å². The molecule has 11 N–H and O–H groups in total. The first kappa shape index (κ1) is 111. The third kappa shape index (κ3) is 27.2. The van der Waals surface area contributed by atoms with Crippen molar-refractivity contribution < 1.29 is 97.2 Å². The third-order valence-corrected chi connectivity index (χ3v) is 32.8. The van der Waals surface area contributed by atoms with Gasteiger partial charge in [0.15, 0.2) is 20.0 Å². The number of rotatable bonds is 26. The van der Waals surface area contributed by atoms with E-state index in [1.54, 1.807) is 52.5 Å². The SMILES string of the molecule is CC[C@@H](C)Nc1cc(C)c(-c2sc(C(=O)N[C@@H]3CCC[C@H]3O)nc2C(=O)N2CC(F)(F)C[C@@H]2C)cn1.CC[C@@H](C)Nc1cc(C)c(-c2sc(C(=O)N[C@@H]3CC[C@@H](O)C3)nc2C(=O)N2CC(F)(F)C[C@@H]2C)cn1.Cc1cc(NC(C)C)ncc1-c1sc(C(=O)NC2CCS(=O)(=O)CC2)nc1C(=O)N1CC(F)(F)C[C@@H]1C.Cc1cc(NC(C)C)ncc1-c1sc(C(=O)N[C@@H]2CCC[C@H]2O)nc1C(=O)N1CC(F)(F)C[C@@H]1C. The van der Waals surface area contributed by atoms with Gasteiger partial charge < -0.3 is 77.5 Å². The lowest BCUT2D eigenvalue weighted by Crippen LogP contribution is -2.41. The molecule has 5 aliphatic heterocycles. The molecule has 0 aromatic carbocycles. The number of halogens is 8. The van der Waals surface area contributed by atoms with Crippen LogP contribution >= 0.6 is 45.3 Å². The van der Waals surface area contributed by atoms with Crippen molar-refractivity contribution in [3.05, 3.63) is 114 Å². The summed E-state index contributed by atoms with van der Waals surface area (Å²) in [5.41, 5.74) is 5.48. The zero-order valence-corrected chi connectivity index (χ0v) is 87.5. The second-order valence-corrected chi connectivity index (χ2v) is 46.2. The molecule has 8 amide bonds. The summed E-state index contributed by atoms with van der Waals surface area (Å²) in [4.78, 5) is 147. The fourth-order valence-electron chi connectivity index (χ4n) is 18.7. The summed E-state index contributed by atoms with van der Waals surface area (Å²) in [5, 5.41) is 54.5. The third-order valence-electron chi connectivity index (χ3n) is 26.8. The molecule has 46 heteroatoms. The number of nitrogens with zero attached hydrogens (tertiary/aromatic N) is 12. The van der Waals surface area contributed by atoms with Crippen LogP contribution in [-0.2, 0) is 9.84 Å². The fraction of sp³-hybridized carbons (Fsp3) is 0.592. The van der Waals surface area contributed by atoms with Crippen LogP contribution in [0.5, 0.6) is 0 Å². The lowest BCUT2D eigenvalue weighted by molar-refractivity contribution is 0.0115. The Morgan fingerprint density at radius 3 is 0.896 bits per heavy atom. The molecule has 8 aromatic heterocycles. The number of likely N-dealkylation sites (tertiary alicyclic amines) is 4. The number of aryl methyl sites for hydroxylation is 4. The molecule has 8 fully saturated rings. The molecule has 16 rings (SSSR count). The lowest BCUT2D eigenvalue weighted by atomic mass is 10.1. The molecule has 0 bridgehead atoms. The zero-order chi connectivity index (χ0) is 105. The van der Waals surface area contributed by atoms with Crippen LogP contribution in [-0.4, -0.2) is 283 Å². The second-order valence-electron chi connectivity index (χ2n) is 39.9. The number of hydrogen-bond donors (Lipinski definition) is 11. The van der Waals surface area contributed by atoms with E-state index in [0.29, 0.717) is 123 Å². The molecular formula is C98H128F8N20O13S5. The van der Waals surface area contributed by atoms with Crippen LogP contribution in [0.4, 0.5) is 58.4 Å². The maximum absolute atomic E-state index is 14.1. The maximum atomic E-state index is 14.1. The van der Waals surface area contributed by atoms with Crippen LogP contribution in [0.25, 0.3) is 41.8 Å². The Labute approximate surface area is 847 Å². The highest BCUT2D eigenvalue weighted by Crippen LogP contribution is 2.45. The van der Waals surface area contributed by atoms with E-state index in [2.05, 4.69) is 96.3 Å². The van der Waals surface area contributed by atoms with Crippen molar-refractivity contribution in [1.29, 1.82) is 0 Å². The van der Waals surface area contributed by atoms with Crippen LogP contribution in [0.15, 0.2) is 49.1 Å². The average molecular weight is 2110 g/mol. The summed E-state index contributed by atoms with van der Waals surface area (Å²) in [5.74, 6) is -13.7. The van der Waals surface area contributed by atoms with E-state index in [0.717, 1.165) is 113 Å². The highest BCUT2D eigenvalue weighted by atomic mass is 32.2. The topological polar surface area (TPSA) is 444 Å². The fourth-order valence-corrected chi connectivity index (χ4v) is 24.4. The average Bonchev–Trinajstić information content (AvgIpc) is 1.63. The summed E-state index contributed by atoms with van der Waals surface area (Å²) in [6, 6.07) is 4.24. The van der Waals surface area contributed by atoms with Gasteiger partial charge in [-0.2, -0.15) is 0 Å². The molecule has 13 heterocycles. The number of aliphatic hydroxyl groups excluding tert-OH is 3. The molecule has 8 aromatic rings. The van der Waals surface area contributed by atoms with E-state index in [1.165, 1.54) is 0 Å². The Morgan fingerprint density at radius 2 is 0.667 bits per heavy atom. The standard InChI is InChI=1S/2C25H33F2N5O3S.C24H31F2N5O4S2.C24H31F2N5O3S/c1-5-14(3)29-19-8-13(2)18(11-28-19)21-20(24(35)32-12-25(26,27)10-15(32)4)31-23(36-21)22(34)30-16-6-7-17(33)9-16;1-5-14(3)29-19-9-13(2)16(11-28-19)21-20(24(35)32-12-25(26,27)10-15(32)4)31-23(36-21)22(34)30-17-7-6-8-18(17)33;1-13(2)28-18-9-14(3)17(11-27-18)20-19(23(33)31-12-24(25,26)10-15(31)4)30-22(36-20)21(32)29-16-5-7-37(34,35)8-6-16;1-12(2)28-18-8-13(3)15(10-27-18)20-19(23(34)31-11-24(25,26)9-14(31)4)30-22(35-20)21(33)29-16-6-5-7-17(16)32/h8,11,14-17,33H,5-7,9-10,12H2,1-4H3,(H,28,29)(H,30,34);9,11,14-15,17-18,33H,5-8,10,12H2,1-4H3,(H,28,29)(H,30,34);9,11,13,15-16H,5-8,10,12H2,1-4H3,(H,27,28)(H,29,32);8,10,12,14,16-17,32H,5-7,9,11H2,1-4H3,(H,27,28)(H,29,33)/t14-,15+,16-,17-;14-,15+,17-,18-;15-;14-,16+,17+/m1100/s1. The molecule has 784 valence electrons. The number of carbonyl (C=O) groups is 8. The van der Waals surface area contributed by atoms with Gasteiger partial charge >= 0.3 is 0 Å². The number of amides is 8. The Bertz CT molecular complexity index is 6150. The number of alkyl halides is 8. The summed E-state index contributed by atoms with van der Waals surface area (Å²) < 4.78 is 136. The Morgan fingerprint density at radius 1 is 0.396 bits per heavy atom. The van der Waals surface area contributed by atoms with Gasteiger partial charge in [0.05, 0.1) is 87.6 Å². The number of aliphatic hydroxyl groups is 3. The highest BCUT2D eigenvalue weighted by molar-refractivity contribution is 7.91. The molecule has 0 spiro atoms. The van der Waals surface area contributed by atoms with Gasteiger partial charge in [-0.05, 0) is 227 Å². The first-order valence-electron chi connectivity index (χ1n) is 48.9. The van der Waals surface area contributed by atoms with Crippen LogP contribution in [0.1, 0.15) is 296 Å². The van der Waals surface area contributed by atoms with Crippen LogP contribution in [0.2, 0.25) is 0 Å². The van der Waals surface area contributed by atoms with Crippen molar-refractivity contribution in [2.24, 2.45) is 0 Å². The molecular weight excluding hydrogens is 1980 g/mol. The van der Waals surface area contributed by atoms with E-state index >= 15 is 0 Å². The minimum Gasteiger partial charge on any atom is -0.393 e. The summed E-state index contributed by atoms with van der Waals surface area (Å²) >= 11 is 4.10. The highest BCUT2D eigenvalue weighted by Gasteiger charge is 2.51. The van der Waals surface area contributed by atoms with Crippen molar-refractivity contribution in [3.8, 4) is 41.8 Å². The predicted octanol–water partition coefficient (Wildman–Crippen LogP) is 15.8. The van der Waals surface area contributed by atoms with Crippen molar-refractivity contribution in [1.82, 2.24) is 80.7 Å². The molecule has 0 unspecified atom stereocenters. The number of carbonyl (C=O) groups excluding carboxylic acids is 8. The zero-order valence-electron chi connectivity index (χ0n) is 83.4. The first-order chi connectivity index (χ1) is 67.6. The van der Waals surface area contributed by atoms with E-state index in [-0.39, 0.29) is 103 Å². The Hall–Kier alpha value is -10.7. The van der Waals surface area contributed by atoms with Gasteiger partial charge in [-0.15, -0.1) is 45.3 Å². The number of thiazole rings is 4. The summed E-state index contributed by atoms with van der Waals surface area (Å²) in [6.07, 6.45) is 11.4. The molecule has 5 saturated heterocycles. The summed E-state index contributed by atoms with van der Waals surface area (Å²) in [7, 11) is -3.09. The number of nitrogens with one attached hydrogen (secondary N) is 8. The minimum absolute atomic E-state index is 0.00646. The Kier molecular flexibility index (Phi) is 35.1. The van der Waals surface area contributed by atoms with Crippen molar-refractivity contribution in [3.63, 3.8) is 0 Å². The number of aromatic nitrogens is 8. The normalized spacial score (nSPS) is 23.3. The van der Waals surface area contributed by atoms with E-state index in [1.807, 2.05) is 93.5 Å². The number of sulfone groups is 1. The van der Waals surface area contributed by atoms with Gasteiger partial charge in [-0.25, -0.2) is 83.4 Å². The molecule has 144 heavy (non-hydrogen) atoms. The van der Waals surface area contributed by atoms with Crippen molar-refractivity contribution in [2.75, 3.05) is 59.0 Å². The van der Waals surface area contributed by atoms with Crippen LogP contribution < -0.4 is 42.5 Å². The van der Waals surface area contributed by atoms with Gasteiger partial charge in [0.2, 0.25) is 0 Å². The predicted molar refractivity (Wildman–Crippen MR) is 537 cm³/mol. The van der Waals surface area contributed by atoms with Gasteiger partial charge in [-0.1, -0.05) is 13.8 Å². The number of pyridine rings is 4. The van der Waals surface area contributed by atoms with Crippen LogP contribution in [0, 0.1) is 27.7 Å². The first-order valence-corrected chi connectivity index (χ1v) is 53.9. The second kappa shape index (κ2) is 45.8. The monoisotopic (exact) mass is 2100 g/mol. The smallest absolute Gasteiger partial charge is 0.280 e. The van der Waals surface area contributed by atoms with Gasteiger partial charge in [0.1, 0.15) is 55.9 Å². The largest absolute Gasteiger partial charge is 0.393 e. The molecule has 8 aliphatic rings. The van der Waals surface area contributed by atoms with Crippen molar-refractivity contribution >= 4 is 126 Å². The van der Waals surface area contributed by atoms with Crippen molar-refractivity contribution in [2.45, 2.75) is 334 Å². The van der Waals surface area contributed by atoms with Crippen LogP contribution in [0.3, 0.4) is 0 Å². The Balaban J connectivity index is 0.000000161. The van der Waals surface area contributed by atoms with E-state index in [4.69, 9.17) is 0 Å². The quantitative estimate of drug-likeness (QED) is 0.0224. The molecule has 3 saturated carbocycles. The van der Waals surface area contributed by atoms with E-state index in [9.17, 15) is 97.2 Å². The molecule has 3 aliphatic carbocycles. The lowest BCUT2D eigenvalue weighted by Gasteiger charge is -2.22. The molecule has 0 radical (unpaired) electrons. The van der Waals surface area contributed by atoms with Gasteiger partial charge in [-0.3, -0.25) is 38.4 Å². The number of hydrogen-bond acceptors (Lipinski definition) is 29. The maximum Gasteiger partial charge on any atom is 0.280 e. The summed E-state index contributed by atoms with van der Waals surface area (Å²) in [6.45, 7) is 27.2.